The summed E-state index contributed by atoms with van der Waals surface area (Å²) in [7, 11) is 0. The second-order valence-corrected chi connectivity index (χ2v) is 5.09. The third-order valence-electron chi connectivity index (χ3n) is 2.95. The molecule has 0 bridgehead atoms. The highest BCUT2D eigenvalue weighted by Gasteiger charge is 2.37. The number of amides is 1. The summed E-state index contributed by atoms with van der Waals surface area (Å²) in [5.74, 6) is -3.63. The molecule has 25 heavy (non-hydrogen) atoms. The highest BCUT2D eigenvalue weighted by Crippen LogP contribution is 2.39. The third-order valence-corrected chi connectivity index (χ3v) is 3.24. The molecule has 0 radical (unpaired) electrons. The fourth-order valence-electron chi connectivity index (χ4n) is 1.80. The third kappa shape index (κ3) is 4.08. The lowest BCUT2D eigenvalue weighted by Crippen LogP contribution is -2.14. The minimum atomic E-state index is -4.94. The van der Waals surface area contributed by atoms with Gasteiger partial charge in [-0.15, -0.1) is 0 Å². The van der Waals surface area contributed by atoms with Crippen molar-refractivity contribution in [3.05, 3.63) is 46.1 Å². The van der Waals surface area contributed by atoms with Gasteiger partial charge in [0.25, 0.3) is 0 Å². The van der Waals surface area contributed by atoms with E-state index in [1.807, 2.05) is 0 Å². The Labute approximate surface area is 142 Å². The number of hydrogen-bond donors (Lipinski definition) is 2. The molecule has 1 amide bonds. The quantitative estimate of drug-likeness (QED) is 0.714. The van der Waals surface area contributed by atoms with Crippen molar-refractivity contribution < 1.29 is 36.6 Å². The number of rotatable bonds is 3. The normalized spacial score (nSPS) is 11.3. The van der Waals surface area contributed by atoms with Gasteiger partial charge in [0.2, 0.25) is 5.88 Å². The molecule has 11 heteroatoms. The molecular formula is C14H8ClF5N2O3. The Hall–Kier alpha value is -2.62. The first-order chi connectivity index (χ1) is 11.5. The lowest BCUT2D eigenvalue weighted by atomic mass is 10.2. The van der Waals surface area contributed by atoms with E-state index < -0.39 is 46.2 Å². The van der Waals surface area contributed by atoms with Crippen LogP contribution in [-0.2, 0) is 6.18 Å². The van der Waals surface area contributed by atoms with Crippen LogP contribution in [0, 0.1) is 18.6 Å². The van der Waals surface area contributed by atoms with Crippen LogP contribution in [0.1, 0.15) is 11.3 Å². The number of pyridine rings is 1. The number of halogens is 6. The Kier molecular flexibility index (Phi) is 5.02. The van der Waals surface area contributed by atoms with E-state index in [4.69, 9.17) is 21.4 Å². The predicted molar refractivity (Wildman–Crippen MR) is 77.1 cm³/mol. The van der Waals surface area contributed by atoms with Crippen molar-refractivity contribution in [3.63, 3.8) is 0 Å². The molecular weight excluding hydrogens is 375 g/mol. The van der Waals surface area contributed by atoms with Crippen LogP contribution in [0.25, 0.3) is 0 Å². The molecule has 0 fully saturated rings. The molecule has 5 nitrogen and oxygen atoms in total. The summed E-state index contributed by atoms with van der Waals surface area (Å²) in [6, 6.07) is 2.31. The van der Waals surface area contributed by atoms with E-state index in [-0.39, 0.29) is 11.3 Å². The van der Waals surface area contributed by atoms with E-state index in [0.29, 0.717) is 12.1 Å². The van der Waals surface area contributed by atoms with Gasteiger partial charge < -0.3 is 9.84 Å². The van der Waals surface area contributed by atoms with E-state index in [1.165, 1.54) is 0 Å². The van der Waals surface area contributed by atoms with Crippen molar-refractivity contribution in [1.29, 1.82) is 0 Å². The standard InChI is InChI=1S/C14H8ClF5N2O3/c1-5-9(3-2-7(16)10(5)17)25-12-8(21-13(23)24)4-6(15)11(22-12)14(18,19)20/h2-4,21H,1H3,(H,23,24). The Morgan fingerprint density at radius 2 is 1.96 bits per heavy atom. The zero-order chi connectivity index (χ0) is 18.9. The van der Waals surface area contributed by atoms with E-state index in [1.54, 1.807) is 5.32 Å². The maximum Gasteiger partial charge on any atom is 0.434 e. The molecule has 0 aliphatic carbocycles. The molecule has 0 aliphatic heterocycles. The average Bonchev–Trinajstić information content (AvgIpc) is 2.48. The zero-order valence-corrected chi connectivity index (χ0v) is 13.0. The van der Waals surface area contributed by atoms with Crippen LogP contribution in [0.5, 0.6) is 11.6 Å². The molecule has 1 aromatic carbocycles. The number of aromatic nitrogens is 1. The second kappa shape index (κ2) is 6.71. The van der Waals surface area contributed by atoms with Crippen molar-refractivity contribution in [2.24, 2.45) is 0 Å². The number of carboxylic acid groups (broad SMARTS) is 1. The molecule has 0 aliphatic rings. The number of ether oxygens (including phenoxy) is 1. The van der Waals surface area contributed by atoms with Crippen molar-refractivity contribution in [1.82, 2.24) is 4.98 Å². The lowest BCUT2D eigenvalue weighted by Gasteiger charge is -2.15. The molecule has 0 unspecified atom stereocenters. The SMILES string of the molecule is Cc1c(Oc2nc(C(F)(F)F)c(Cl)cc2NC(=O)O)ccc(F)c1F. The second-order valence-electron chi connectivity index (χ2n) is 4.69. The molecule has 0 atom stereocenters. The number of anilines is 1. The summed E-state index contributed by atoms with van der Waals surface area (Å²) in [4.78, 5) is 13.9. The molecule has 1 heterocycles. The number of nitrogens with zero attached hydrogens (tertiary/aromatic N) is 1. The number of benzene rings is 1. The van der Waals surface area contributed by atoms with E-state index in [9.17, 15) is 26.7 Å². The first kappa shape index (κ1) is 18.7. The highest BCUT2D eigenvalue weighted by molar-refractivity contribution is 6.31. The maximum atomic E-state index is 13.6. The summed E-state index contributed by atoms with van der Waals surface area (Å²) in [5, 5.41) is 9.64. The Morgan fingerprint density at radius 3 is 2.52 bits per heavy atom. The summed E-state index contributed by atoms with van der Waals surface area (Å²) >= 11 is 5.47. The Bertz CT molecular complexity index is 842. The summed E-state index contributed by atoms with van der Waals surface area (Å²) in [6.07, 6.45) is -6.57. The molecule has 0 spiro atoms. The first-order valence-electron chi connectivity index (χ1n) is 6.41. The highest BCUT2D eigenvalue weighted by atomic mass is 35.5. The van der Waals surface area contributed by atoms with E-state index >= 15 is 0 Å². The van der Waals surface area contributed by atoms with Crippen molar-refractivity contribution in [3.8, 4) is 11.6 Å². The molecule has 134 valence electrons. The van der Waals surface area contributed by atoms with E-state index in [2.05, 4.69) is 4.98 Å². The van der Waals surface area contributed by atoms with Crippen LogP contribution in [0.15, 0.2) is 18.2 Å². The molecule has 1 aromatic heterocycles. The summed E-state index contributed by atoms with van der Waals surface area (Å²) < 4.78 is 70.5. The average molecular weight is 383 g/mol. The topological polar surface area (TPSA) is 71.5 Å². The predicted octanol–water partition coefficient (Wildman–Crippen LogP) is 5.22. The largest absolute Gasteiger partial charge is 0.465 e. The van der Waals surface area contributed by atoms with Gasteiger partial charge in [0, 0.05) is 5.56 Å². The van der Waals surface area contributed by atoms with Gasteiger partial charge >= 0.3 is 12.3 Å². The molecule has 2 aromatic rings. The fourth-order valence-corrected chi connectivity index (χ4v) is 2.06. The minimum absolute atomic E-state index is 0.341. The smallest absolute Gasteiger partial charge is 0.434 e. The monoisotopic (exact) mass is 382 g/mol. The molecule has 2 rings (SSSR count). The van der Waals surface area contributed by atoms with Crippen LogP contribution >= 0.6 is 11.6 Å². The fraction of sp³-hybridized carbons (Fsp3) is 0.143. The van der Waals surface area contributed by atoms with Crippen LogP contribution in [-0.4, -0.2) is 16.2 Å². The summed E-state index contributed by atoms with van der Waals surface area (Å²) in [6.45, 7) is 1.12. The van der Waals surface area contributed by atoms with Gasteiger partial charge in [-0.3, -0.25) is 5.32 Å². The lowest BCUT2D eigenvalue weighted by molar-refractivity contribution is -0.141. The first-order valence-corrected chi connectivity index (χ1v) is 6.78. The number of hydrogen-bond acceptors (Lipinski definition) is 3. The van der Waals surface area contributed by atoms with Gasteiger partial charge in [-0.1, -0.05) is 11.6 Å². The summed E-state index contributed by atoms with van der Waals surface area (Å²) in [5.41, 5.74) is -2.37. The number of carbonyl (C=O) groups is 1. The van der Waals surface area contributed by atoms with Crippen LogP contribution in [0.4, 0.5) is 32.4 Å². The maximum absolute atomic E-state index is 13.6. The Balaban J connectivity index is 2.57. The van der Waals surface area contributed by atoms with Crippen molar-refractivity contribution >= 4 is 23.4 Å². The molecule has 0 saturated heterocycles. The van der Waals surface area contributed by atoms with Crippen LogP contribution in [0.3, 0.4) is 0 Å². The van der Waals surface area contributed by atoms with Gasteiger partial charge in [0.05, 0.1) is 5.02 Å². The van der Waals surface area contributed by atoms with E-state index in [0.717, 1.165) is 13.0 Å². The van der Waals surface area contributed by atoms with Gasteiger partial charge in [0.15, 0.2) is 17.3 Å². The minimum Gasteiger partial charge on any atom is -0.465 e. The van der Waals surface area contributed by atoms with Crippen molar-refractivity contribution in [2.45, 2.75) is 13.1 Å². The van der Waals surface area contributed by atoms with Gasteiger partial charge in [-0.05, 0) is 25.1 Å². The number of alkyl halides is 3. The van der Waals surface area contributed by atoms with Crippen LogP contribution < -0.4 is 10.1 Å². The van der Waals surface area contributed by atoms with Gasteiger partial charge in [-0.2, -0.15) is 13.2 Å². The molecule has 2 N–H and O–H groups in total. The molecule has 0 saturated carbocycles. The van der Waals surface area contributed by atoms with Gasteiger partial charge in [0.1, 0.15) is 11.4 Å². The van der Waals surface area contributed by atoms with Crippen LogP contribution in [0.2, 0.25) is 5.02 Å². The zero-order valence-electron chi connectivity index (χ0n) is 12.2. The Morgan fingerprint density at radius 1 is 1.32 bits per heavy atom. The van der Waals surface area contributed by atoms with Crippen molar-refractivity contribution in [2.75, 3.05) is 5.32 Å². The van der Waals surface area contributed by atoms with Gasteiger partial charge in [-0.25, -0.2) is 18.6 Å². The number of nitrogens with one attached hydrogen (secondary N) is 1.